The first-order chi connectivity index (χ1) is 19.2. The summed E-state index contributed by atoms with van der Waals surface area (Å²) in [6.45, 7) is 8.24. The van der Waals surface area contributed by atoms with E-state index in [9.17, 15) is 8.42 Å². The van der Waals surface area contributed by atoms with Gasteiger partial charge in [0.15, 0.2) is 0 Å². The summed E-state index contributed by atoms with van der Waals surface area (Å²) in [6, 6.07) is 12.6. The van der Waals surface area contributed by atoms with Gasteiger partial charge in [-0.15, -0.1) is 0 Å². The van der Waals surface area contributed by atoms with Crippen molar-refractivity contribution in [2.45, 2.75) is 51.0 Å². The molecule has 0 saturated heterocycles. The molecule has 4 N–H and O–H groups in total. The first-order valence-corrected chi connectivity index (χ1v) is 16.1. The van der Waals surface area contributed by atoms with Crippen LogP contribution < -0.4 is 25.4 Å². The molecule has 0 fully saturated rings. The second-order valence-corrected chi connectivity index (χ2v) is 12.3. The van der Waals surface area contributed by atoms with Crippen LogP contribution in [0.3, 0.4) is 0 Å². The van der Waals surface area contributed by atoms with E-state index >= 15 is 0 Å². The molecule has 0 saturated carbocycles. The molecule has 0 spiro atoms. The molecule has 0 aliphatic carbocycles. The summed E-state index contributed by atoms with van der Waals surface area (Å²) in [7, 11) is 0.394. The summed E-state index contributed by atoms with van der Waals surface area (Å²) in [6.07, 6.45) is 4.13. The molecule has 1 aromatic heterocycles. The second-order valence-electron chi connectivity index (χ2n) is 9.50. The van der Waals surface area contributed by atoms with Crippen molar-refractivity contribution in [3.8, 4) is 5.75 Å². The number of hydrogen-bond acceptors (Lipinski definition) is 9. The molecule has 0 amide bonds. The molecule has 3 rings (SSSR count). The van der Waals surface area contributed by atoms with E-state index in [1.165, 1.54) is 0 Å². The molecule has 0 unspecified atom stereocenters. The van der Waals surface area contributed by atoms with Gasteiger partial charge in [-0.1, -0.05) is 26.0 Å². The first kappa shape index (κ1) is 31.8. The topological polar surface area (TPSA) is 121 Å². The number of hydrogen-bond donors (Lipinski definition) is 4. The molecule has 3 aromatic rings. The number of sulfonamides is 1. The zero-order chi connectivity index (χ0) is 29.1. The second kappa shape index (κ2) is 15.4. The Balaban J connectivity index is 1.82. The minimum Gasteiger partial charge on any atom is -0.492 e. The van der Waals surface area contributed by atoms with Gasteiger partial charge in [-0.3, -0.25) is 0 Å². The number of anilines is 5. The van der Waals surface area contributed by atoms with Crippen LogP contribution in [-0.4, -0.2) is 63.1 Å². The number of benzene rings is 2. The Morgan fingerprint density at radius 3 is 2.48 bits per heavy atom. The van der Waals surface area contributed by atoms with Gasteiger partial charge in [0.25, 0.3) is 0 Å². The van der Waals surface area contributed by atoms with Crippen LogP contribution in [0.15, 0.2) is 53.6 Å². The highest BCUT2D eigenvalue weighted by Crippen LogP contribution is 2.32. The predicted octanol–water partition coefficient (Wildman–Crippen LogP) is 5.80. The highest BCUT2D eigenvalue weighted by atomic mass is 127. The fraction of sp³-hybridized carbons (Fsp3) is 0.429. The van der Waals surface area contributed by atoms with E-state index in [2.05, 4.69) is 72.2 Å². The van der Waals surface area contributed by atoms with Crippen LogP contribution in [0.2, 0.25) is 0 Å². The quantitative estimate of drug-likeness (QED) is 0.110. The average Bonchev–Trinajstić information content (AvgIpc) is 2.93. The largest absolute Gasteiger partial charge is 0.492 e. The van der Waals surface area contributed by atoms with Crippen LogP contribution in [0.25, 0.3) is 0 Å². The molecule has 218 valence electrons. The van der Waals surface area contributed by atoms with Crippen LogP contribution in [0.5, 0.6) is 5.75 Å². The smallest absolute Gasteiger partial charge is 0.242 e. The van der Waals surface area contributed by atoms with Gasteiger partial charge < -0.3 is 25.6 Å². The molecule has 1 heterocycles. The van der Waals surface area contributed by atoms with Crippen molar-refractivity contribution in [1.29, 1.82) is 0 Å². The maximum Gasteiger partial charge on any atom is 0.242 e. The summed E-state index contributed by atoms with van der Waals surface area (Å²) in [5, 5.41) is 9.90. The normalized spacial score (nSPS) is 11.6. The standard InChI is InChI=1S/C28H40IN7O3S/c1-6-20(7-2)35-40(37,38)26-13-10-9-12-24(26)32-27-22(29)19-31-28(34-27)33-23-15-14-21(18-25(23)39-8-3)30-16-11-17-36(4)5/h9-10,12-15,18-20,30,35H,6-8,11,16-17H2,1-5H3,(H2,31,32,33,34). The van der Waals surface area contributed by atoms with Gasteiger partial charge >= 0.3 is 0 Å². The van der Waals surface area contributed by atoms with E-state index in [0.717, 1.165) is 34.5 Å². The van der Waals surface area contributed by atoms with Crippen molar-refractivity contribution in [2.75, 3.05) is 49.7 Å². The molecule has 10 nitrogen and oxygen atoms in total. The highest BCUT2D eigenvalue weighted by molar-refractivity contribution is 14.1. The van der Waals surface area contributed by atoms with Crippen molar-refractivity contribution in [3.63, 3.8) is 0 Å². The molecular weight excluding hydrogens is 641 g/mol. The van der Waals surface area contributed by atoms with Gasteiger partial charge in [0.2, 0.25) is 16.0 Å². The zero-order valence-electron chi connectivity index (χ0n) is 23.8. The number of nitrogens with zero attached hydrogens (tertiary/aromatic N) is 3. The summed E-state index contributed by atoms with van der Waals surface area (Å²) in [5.41, 5.74) is 2.13. The number of halogens is 1. The number of nitrogens with one attached hydrogen (secondary N) is 4. The minimum atomic E-state index is -3.73. The molecule has 40 heavy (non-hydrogen) atoms. The lowest BCUT2D eigenvalue weighted by Crippen LogP contribution is -2.34. The Hall–Kier alpha value is -2.68. The molecule has 0 aliphatic rings. The third-order valence-corrected chi connectivity index (χ3v) is 8.49. The van der Waals surface area contributed by atoms with E-state index < -0.39 is 10.0 Å². The number of aromatic nitrogens is 2. The van der Waals surface area contributed by atoms with Crippen LogP contribution in [0, 0.1) is 3.57 Å². The van der Waals surface area contributed by atoms with Gasteiger partial charge in [-0.2, -0.15) is 4.98 Å². The summed E-state index contributed by atoms with van der Waals surface area (Å²) in [4.78, 5) is 11.4. The van der Waals surface area contributed by atoms with Crippen LogP contribution in [-0.2, 0) is 10.0 Å². The van der Waals surface area contributed by atoms with Gasteiger partial charge in [0.1, 0.15) is 16.5 Å². The van der Waals surface area contributed by atoms with E-state index in [0.29, 0.717) is 42.7 Å². The van der Waals surface area contributed by atoms with E-state index in [4.69, 9.17) is 4.74 Å². The zero-order valence-corrected chi connectivity index (χ0v) is 26.8. The van der Waals surface area contributed by atoms with Crippen molar-refractivity contribution in [3.05, 3.63) is 52.2 Å². The maximum absolute atomic E-state index is 13.2. The molecule has 0 aliphatic heterocycles. The van der Waals surface area contributed by atoms with Crippen molar-refractivity contribution >= 4 is 61.4 Å². The van der Waals surface area contributed by atoms with E-state index in [-0.39, 0.29) is 10.9 Å². The number of rotatable bonds is 16. The van der Waals surface area contributed by atoms with Gasteiger partial charge in [-0.05, 0) is 93.7 Å². The Morgan fingerprint density at radius 2 is 1.77 bits per heavy atom. The van der Waals surface area contributed by atoms with Crippen LogP contribution in [0.4, 0.5) is 28.8 Å². The molecule has 2 aromatic carbocycles. The highest BCUT2D eigenvalue weighted by Gasteiger charge is 2.22. The van der Waals surface area contributed by atoms with Crippen LogP contribution >= 0.6 is 22.6 Å². The molecule has 0 atom stereocenters. The number of ether oxygens (including phenoxy) is 1. The molecule has 0 radical (unpaired) electrons. The lowest BCUT2D eigenvalue weighted by Gasteiger charge is -2.18. The molecule has 0 bridgehead atoms. The SMILES string of the molecule is CCOc1cc(NCCCN(C)C)ccc1Nc1ncc(I)c(Nc2ccccc2S(=O)(=O)NC(CC)CC)n1. The summed E-state index contributed by atoms with van der Waals surface area (Å²) >= 11 is 2.13. The Kier molecular flexibility index (Phi) is 12.2. The molecule has 12 heteroatoms. The van der Waals surface area contributed by atoms with Gasteiger partial charge in [0, 0.05) is 30.5 Å². The average molecular weight is 682 g/mol. The predicted molar refractivity (Wildman–Crippen MR) is 172 cm³/mol. The lowest BCUT2D eigenvalue weighted by molar-refractivity contribution is 0.342. The Bertz CT molecular complexity index is 1350. The van der Waals surface area contributed by atoms with Gasteiger partial charge in [0.05, 0.1) is 21.6 Å². The lowest BCUT2D eigenvalue weighted by atomic mass is 10.2. The van der Waals surface area contributed by atoms with E-state index in [1.54, 1.807) is 30.5 Å². The van der Waals surface area contributed by atoms with Crippen molar-refractivity contribution in [2.24, 2.45) is 0 Å². The van der Waals surface area contributed by atoms with E-state index in [1.807, 2.05) is 39.0 Å². The minimum absolute atomic E-state index is 0.132. The third kappa shape index (κ3) is 9.18. The third-order valence-electron chi connectivity index (χ3n) is 6.12. The fourth-order valence-corrected chi connectivity index (χ4v) is 5.90. The summed E-state index contributed by atoms with van der Waals surface area (Å²) in [5.74, 6) is 1.52. The molecular formula is C28H40IN7O3S. The Morgan fingerprint density at radius 1 is 1.02 bits per heavy atom. The summed E-state index contributed by atoms with van der Waals surface area (Å²) < 4.78 is 35.8. The maximum atomic E-state index is 13.2. The monoisotopic (exact) mass is 681 g/mol. The van der Waals surface area contributed by atoms with Crippen molar-refractivity contribution < 1.29 is 13.2 Å². The first-order valence-electron chi connectivity index (χ1n) is 13.5. The van der Waals surface area contributed by atoms with Crippen LogP contribution in [0.1, 0.15) is 40.0 Å². The Labute approximate surface area is 251 Å². The fourth-order valence-electron chi connectivity index (χ4n) is 3.94. The van der Waals surface area contributed by atoms with Gasteiger partial charge in [-0.25, -0.2) is 18.1 Å². The number of para-hydroxylation sites is 1. The van der Waals surface area contributed by atoms with Crippen molar-refractivity contribution in [1.82, 2.24) is 19.6 Å².